The van der Waals surface area contributed by atoms with Crippen LogP contribution in [-0.2, 0) is 23.8 Å². The molecular formula is C11H20NO5RbS. The number of carbonyl (C=O) groups is 1. The molecule has 0 aromatic heterocycles. The molecule has 8 heteroatoms. The molecule has 0 aromatic carbocycles. The third-order valence-corrected chi connectivity index (χ3v) is 3.72. The van der Waals surface area contributed by atoms with Crippen LogP contribution in [0, 0.1) is 0 Å². The molecule has 1 saturated heterocycles. The van der Waals surface area contributed by atoms with E-state index < -0.39 is 16.1 Å². The monoisotopic (exact) mass is 363 g/mol. The number of nitrogens with zero attached hydrogens (tertiary/aromatic N) is 1. The van der Waals surface area contributed by atoms with Crippen molar-refractivity contribution in [2.75, 3.05) is 38.6 Å². The number of carbonyl (C=O) groups excluding carboxylic acids is 1. The van der Waals surface area contributed by atoms with Gasteiger partial charge in [0.1, 0.15) is 0 Å². The Hall–Kier alpha value is 0.885. The fraction of sp³-hybridized carbons (Fsp3) is 0.727. The van der Waals surface area contributed by atoms with Crippen LogP contribution in [-0.4, -0.2) is 116 Å². The maximum absolute atomic E-state index is 11.5. The fourth-order valence-electron chi connectivity index (χ4n) is 1.52. The summed E-state index contributed by atoms with van der Waals surface area (Å²) in [5, 5.41) is 0. The third kappa shape index (κ3) is 8.69. The van der Waals surface area contributed by atoms with Crippen molar-refractivity contribution in [2.45, 2.75) is 13.3 Å². The molecule has 1 fully saturated rings. The van der Waals surface area contributed by atoms with Crippen LogP contribution in [0.15, 0.2) is 12.2 Å². The van der Waals surface area contributed by atoms with Crippen LogP contribution in [0.4, 0.5) is 0 Å². The first kappa shape index (κ1) is 19.9. The van der Waals surface area contributed by atoms with Crippen LogP contribution in [0.5, 0.6) is 0 Å². The summed E-state index contributed by atoms with van der Waals surface area (Å²) in [4.78, 5) is 13.2. The molecule has 0 spiro atoms. The van der Waals surface area contributed by atoms with E-state index in [1.165, 1.54) is 6.92 Å². The summed E-state index contributed by atoms with van der Waals surface area (Å²) in [6.07, 6.45) is 0.436. The second kappa shape index (κ2) is 9.75. The van der Waals surface area contributed by atoms with Crippen molar-refractivity contribution in [1.29, 1.82) is 0 Å². The number of ether oxygens (including phenoxy) is 1. The summed E-state index contributed by atoms with van der Waals surface area (Å²) in [7, 11) is -3.79. The van der Waals surface area contributed by atoms with Gasteiger partial charge in [-0.1, -0.05) is 6.58 Å². The van der Waals surface area contributed by atoms with Crippen molar-refractivity contribution in [3.8, 4) is 0 Å². The standard InChI is InChI=1S/C11H19NO5S.Rb.H/c1-10(2)11(13)17-18(14,15)9-3-4-12-5-7-16-8-6-12;;/h1,3-9H2,2H3;;. The third-order valence-electron chi connectivity index (χ3n) is 2.52. The summed E-state index contributed by atoms with van der Waals surface area (Å²) in [5.41, 5.74) is 0.0757. The quantitative estimate of drug-likeness (QED) is 0.468. The van der Waals surface area contributed by atoms with Gasteiger partial charge in [-0.05, 0) is 19.9 Å². The number of rotatable bonds is 6. The summed E-state index contributed by atoms with van der Waals surface area (Å²) in [6.45, 7) is 8.38. The number of hydrogen-bond acceptors (Lipinski definition) is 6. The number of morpholine rings is 1. The zero-order chi connectivity index (χ0) is 13.6. The Morgan fingerprint density at radius 2 is 1.95 bits per heavy atom. The summed E-state index contributed by atoms with van der Waals surface area (Å²) in [6, 6.07) is 0. The van der Waals surface area contributed by atoms with Gasteiger partial charge in [0.25, 0.3) is 0 Å². The predicted molar refractivity (Wildman–Crippen MR) is 73.7 cm³/mol. The molecule has 1 aliphatic rings. The van der Waals surface area contributed by atoms with Crippen LogP contribution in [0.25, 0.3) is 0 Å². The average molecular weight is 364 g/mol. The van der Waals surface area contributed by atoms with E-state index in [1.54, 1.807) is 0 Å². The minimum atomic E-state index is -3.79. The van der Waals surface area contributed by atoms with E-state index in [0.717, 1.165) is 13.1 Å². The minimum absolute atomic E-state index is 0. The summed E-state index contributed by atoms with van der Waals surface area (Å²) in [5.74, 6) is -1.05. The molecule has 6 nitrogen and oxygen atoms in total. The second-order valence-corrected chi connectivity index (χ2v) is 5.91. The SMILES string of the molecule is C=C(C)C(=O)OS(=O)(=O)CCCN1CCOCC1.[RbH]. The Kier molecular flexibility index (Phi) is 10.2. The fourth-order valence-corrected chi connectivity index (χ4v) is 2.46. The maximum atomic E-state index is 11.5. The van der Waals surface area contributed by atoms with Gasteiger partial charge in [0, 0.05) is 18.7 Å². The van der Waals surface area contributed by atoms with Gasteiger partial charge in [0.05, 0.1) is 19.0 Å². The van der Waals surface area contributed by atoms with E-state index in [9.17, 15) is 13.2 Å². The second-order valence-electron chi connectivity index (χ2n) is 4.22. The van der Waals surface area contributed by atoms with Crippen molar-refractivity contribution in [2.24, 2.45) is 0 Å². The average Bonchev–Trinajstić information content (AvgIpc) is 2.29. The van der Waals surface area contributed by atoms with Crippen molar-refractivity contribution in [3.63, 3.8) is 0 Å². The summed E-state index contributed by atoms with van der Waals surface area (Å²) >= 11 is 0. The summed E-state index contributed by atoms with van der Waals surface area (Å²) < 4.78 is 32.5. The molecule has 0 unspecified atom stereocenters. The molecule has 0 bridgehead atoms. The molecule has 1 aliphatic heterocycles. The van der Waals surface area contributed by atoms with E-state index in [-0.39, 0.29) is 69.5 Å². The Labute approximate surface area is 163 Å². The van der Waals surface area contributed by atoms with Gasteiger partial charge in [0.2, 0.25) is 0 Å². The molecule has 19 heavy (non-hydrogen) atoms. The Morgan fingerprint density at radius 3 is 2.47 bits per heavy atom. The van der Waals surface area contributed by atoms with Crippen LogP contribution in [0.3, 0.4) is 0 Å². The molecular weight excluding hydrogens is 344 g/mol. The van der Waals surface area contributed by atoms with E-state index >= 15 is 0 Å². The zero-order valence-electron chi connectivity index (χ0n) is 10.6. The molecule has 0 saturated carbocycles. The van der Waals surface area contributed by atoms with Gasteiger partial charge < -0.3 is 8.92 Å². The van der Waals surface area contributed by atoms with E-state index in [4.69, 9.17) is 4.74 Å². The Bertz CT molecular complexity index is 403. The van der Waals surface area contributed by atoms with E-state index in [1.807, 2.05) is 0 Å². The molecule has 0 atom stereocenters. The van der Waals surface area contributed by atoms with Crippen molar-refractivity contribution < 1.29 is 22.1 Å². The molecule has 0 aromatic rings. The van der Waals surface area contributed by atoms with Gasteiger partial charge in [-0.3, -0.25) is 4.90 Å². The first-order valence-electron chi connectivity index (χ1n) is 5.83. The van der Waals surface area contributed by atoms with Crippen molar-refractivity contribution in [3.05, 3.63) is 12.2 Å². The van der Waals surface area contributed by atoms with Crippen LogP contribution >= 0.6 is 0 Å². The normalized spacial score (nSPS) is 16.5. The van der Waals surface area contributed by atoms with Gasteiger partial charge in [-0.15, -0.1) is 0 Å². The first-order chi connectivity index (χ1) is 8.41. The Morgan fingerprint density at radius 1 is 1.37 bits per heavy atom. The molecule has 0 N–H and O–H groups in total. The van der Waals surface area contributed by atoms with Crippen LogP contribution in [0.2, 0.25) is 0 Å². The van der Waals surface area contributed by atoms with Crippen molar-refractivity contribution >= 4 is 74.3 Å². The van der Waals surface area contributed by atoms with E-state index in [2.05, 4.69) is 15.7 Å². The molecule has 1 heterocycles. The Balaban J connectivity index is 0.00000324. The van der Waals surface area contributed by atoms with Crippen molar-refractivity contribution in [1.82, 2.24) is 4.90 Å². The van der Waals surface area contributed by atoms with Gasteiger partial charge in [0.15, 0.2) is 0 Å². The molecule has 0 radical (unpaired) electrons. The molecule has 0 amide bonds. The molecule has 1 rings (SSSR count). The number of hydrogen-bond donors (Lipinski definition) is 0. The molecule has 0 aliphatic carbocycles. The van der Waals surface area contributed by atoms with Crippen LogP contribution < -0.4 is 0 Å². The molecule has 106 valence electrons. The topological polar surface area (TPSA) is 72.9 Å². The van der Waals surface area contributed by atoms with Crippen LogP contribution in [0.1, 0.15) is 13.3 Å². The zero-order valence-corrected chi connectivity index (χ0v) is 11.4. The van der Waals surface area contributed by atoms with E-state index in [0.29, 0.717) is 26.2 Å². The van der Waals surface area contributed by atoms with Gasteiger partial charge >= 0.3 is 74.3 Å². The predicted octanol–water partition coefficient (Wildman–Crippen LogP) is -0.491. The first-order valence-corrected chi connectivity index (χ1v) is 7.40. The van der Waals surface area contributed by atoms with Gasteiger partial charge in [-0.2, -0.15) is 8.42 Å². The van der Waals surface area contributed by atoms with Gasteiger partial charge in [-0.25, -0.2) is 4.79 Å².